The maximum Gasteiger partial charge on any atom is 0.573 e. The van der Waals surface area contributed by atoms with Crippen LogP contribution in [0.3, 0.4) is 0 Å². The third-order valence-electron chi connectivity index (χ3n) is 2.58. The van der Waals surface area contributed by atoms with Gasteiger partial charge < -0.3 is 4.74 Å². The Kier molecular flexibility index (Phi) is 4.22. The molecule has 0 bridgehead atoms. The molecule has 2 aromatic rings. The molecule has 0 unspecified atom stereocenters. The topological polar surface area (TPSA) is 50.8 Å². The summed E-state index contributed by atoms with van der Waals surface area (Å²) < 4.78 is 77.9. The Morgan fingerprint density at radius 2 is 1.78 bits per heavy atom. The quantitative estimate of drug-likeness (QED) is 0.800. The van der Waals surface area contributed by atoms with Crippen molar-refractivity contribution in [2.45, 2.75) is 19.1 Å². The monoisotopic (exact) mass is 335 g/mol. The first-order chi connectivity index (χ1) is 10.6. The molecule has 0 amide bonds. The zero-order chi connectivity index (χ0) is 17.3. The second-order valence-corrected chi connectivity index (χ2v) is 4.45. The van der Waals surface area contributed by atoms with E-state index in [0.29, 0.717) is 4.68 Å². The van der Waals surface area contributed by atoms with Crippen LogP contribution in [0.1, 0.15) is 5.56 Å². The Morgan fingerprint density at radius 3 is 2.35 bits per heavy atom. The van der Waals surface area contributed by atoms with Crippen molar-refractivity contribution in [3.63, 3.8) is 0 Å². The number of nitrogens with zero attached hydrogens (tertiary/aromatic N) is 3. The van der Waals surface area contributed by atoms with E-state index in [0.717, 1.165) is 24.5 Å². The van der Waals surface area contributed by atoms with Gasteiger partial charge in [-0.1, -0.05) is 0 Å². The number of nitriles is 1. The van der Waals surface area contributed by atoms with E-state index in [2.05, 4.69) is 9.84 Å². The highest BCUT2D eigenvalue weighted by molar-refractivity contribution is 5.66. The van der Waals surface area contributed by atoms with Gasteiger partial charge in [-0.15, -0.1) is 13.2 Å². The maximum absolute atomic E-state index is 12.3. The predicted octanol–water partition coefficient (Wildman–Crippen LogP) is 3.88. The molecule has 1 heterocycles. The normalized spacial score (nSPS) is 12.0. The fourth-order valence-corrected chi connectivity index (χ4v) is 1.81. The van der Waals surface area contributed by atoms with E-state index >= 15 is 0 Å². The van der Waals surface area contributed by atoms with E-state index < -0.39 is 24.8 Å². The molecule has 0 aliphatic heterocycles. The van der Waals surface area contributed by atoms with Gasteiger partial charge in [0.15, 0.2) is 0 Å². The van der Waals surface area contributed by atoms with Gasteiger partial charge in [0.05, 0.1) is 17.8 Å². The van der Waals surface area contributed by atoms with Crippen LogP contribution in [0, 0.1) is 11.3 Å². The van der Waals surface area contributed by atoms with Gasteiger partial charge in [0.25, 0.3) is 0 Å². The van der Waals surface area contributed by atoms with E-state index in [1.54, 1.807) is 6.07 Å². The zero-order valence-corrected chi connectivity index (χ0v) is 11.1. The molecule has 122 valence electrons. The summed E-state index contributed by atoms with van der Waals surface area (Å²) in [6.07, 6.45) is -7.37. The minimum Gasteiger partial charge on any atom is -0.406 e. The van der Waals surface area contributed by atoms with Gasteiger partial charge in [-0.05, 0) is 23.8 Å². The fourth-order valence-electron chi connectivity index (χ4n) is 1.81. The highest BCUT2D eigenvalue weighted by Gasteiger charge is 2.31. The smallest absolute Gasteiger partial charge is 0.406 e. The van der Waals surface area contributed by atoms with Crippen LogP contribution < -0.4 is 4.74 Å². The van der Waals surface area contributed by atoms with E-state index in [4.69, 9.17) is 5.26 Å². The molecule has 0 saturated heterocycles. The van der Waals surface area contributed by atoms with Crippen LogP contribution in [0.4, 0.5) is 26.3 Å². The lowest BCUT2D eigenvalue weighted by atomic mass is 10.1. The summed E-state index contributed by atoms with van der Waals surface area (Å²) in [5.74, 6) is -0.643. The molecular formula is C13H7F6N3O. The number of halogens is 6. The molecule has 10 heteroatoms. The molecule has 0 radical (unpaired) electrons. The Labute approximate surface area is 125 Å². The first-order valence-corrected chi connectivity index (χ1v) is 5.96. The van der Waals surface area contributed by atoms with Crippen molar-refractivity contribution < 1.29 is 31.1 Å². The predicted molar refractivity (Wildman–Crippen MR) is 65.1 cm³/mol. The van der Waals surface area contributed by atoms with Gasteiger partial charge in [-0.3, -0.25) is 4.68 Å². The molecule has 0 N–H and O–H groups in total. The van der Waals surface area contributed by atoms with E-state index in [1.807, 2.05) is 0 Å². The Balaban J connectivity index is 2.36. The third-order valence-corrected chi connectivity index (χ3v) is 2.58. The highest BCUT2D eigenvalue weighted by Crippen LogP contribution is 2.30. The van der Waals surface area contributed by atoms with E-state index in [9.17, 15) is 26.3 Å². The summed E-state index contributed by atoms with van der Waals surface area (Å²) >= 11 is 0. The number of hydrogen-bond acceptors (Lipinski definition) is 3. The van der Waals surface area contributed by atoms with Gasteiger partial charge in [0, 0.05) is 11.8 Å². The summed E-state index contributed by atoms with van der Waals surface area (Å²) in [5, 5.41) is 12.3. The maximum atomic E-state index is 12.3. The lowest BCUT2D eigenvalue weighted by Crippen LogP contribution is -2.17. The van der Waals surface area contributed by atoms with Crippen LogP contribution in [0.15, 0.2) is 30.6 Å². The molecular weight excluding hydrogens is 328 g/mol. The first-order valence-electron chi connectivity index (χ1n) is 5.96. The second-order valence-electron chi connectivity index (χ2n) is 4.45. The second kappa shape index (κ2) is 5.83. The lowest BCUT2D eigenvalue weighted by Gasteiger charge is -2.10. The zero-order valence-electron chi connectivity index (χ0n) is 11.1. The van der Waals surface area contributed by atoms with Gasteiger partial charge >= 0.3 is 12.5 Å². The van der Waals surface area contributed by atoms with Crippen molar-refractivity contribution in [2.24, 2.45) is 0 Å². The van der Waals surface area contributed by atoms with Crippen molar-refractivity contribution >= 4 is 0 Å². The largest absolute Gasteiger partial charge is 0.573 e. The van der Waals surface area contributed by atoms with Gasteiger partial charge in [-0.2, -0.15) is 23.5 Å². The van der Waals surface area contributed by atoms with E-state index in [1.165, 1.54) is 6.07 Å². The van der Waals surface area contributed by atoms with Crippen molar-refractivity contribution in [1.82, 2.24) is 9.78 Å². The molecule has 1 aromatic carbocycles. The number of hydrogen-bond donors (Lipinski definition) is 0. The molecule has 0 atom stereocenters. The molecule has 0 spiro atoms. The summed E-state index contributed by atoms with van der Waals surface area (Å²) in [4.78, 5) is 0. The molecule has 0 fully saturated rings. The average Bonchev–Trinajstić information content (AvgIpc) is 2.82. The van der Waals surface area contributed by atoms with Crippen LogP contribution in [-0.2, 0) is 6.54 Å². The summed E-state index contributed by atoms with van der Waals surface area (Å²) in [6.45, 7) is -1.34. The Hall–Kier alpha value is -2.70. The lowest BCUT2D eigenvalue weighted by molar-refractivity contribution is -0.274. The minimum atomic E-state index is -4.95. The van der Waals surface area contributed by atoms with Gasteiger partial charge in [0.2, 0.25) is 0 Å². The molecule has 0 saturated carbocycles. The SMILES string of the molecule is N#Cc1cc(OC(F)(F)F)cc(-c2cnn(CC(F)(F)F)c2)c1. The Bertz CT molecular complexity index is 741. The summed E-state index contributed by atoms with van der Waals surface area (Å²) in [5.41, 5.74) is 0.0698. The van der Waals surface area contributed by atoms with Crippen LogP contribution in [-0.4, -0.2) is 22.3 Å². The van der Waals surface area contributed by atoms with Crippen LogP contribution in [0.25, 0.3) is 11.1 Å². The first kappa shape index (κ1) is 16.7. The number of aromatic nitrogens is 2. The van der Waals surface area contributed by atoms with E-state index in [-0.39, 0.29) is 16.7 Å². The number of rotatable bonds is 3. The summed E-state index contributed by atoms with van der Waals surface area (Å²) in [6, 6.07) is 4.71. The van der Waals surface area contributed by atoms with Crippen molar-refractivity contribution in [3.05, 3.63) is 36.2 Å². The minimum absolute atomic E-state index is 0.0803. The van der Waals surface area contributed by atoms with Crippen molar-refractivity contribution in [3.8, 4) is 22.9 Å². The number of benzene rings is 1. The standard InChI is InChI=1S/C13H7F6N3O/c14-12(15,16)7-22-6-10(5-21-22)9-1-8(4-20)2-11(3-9)23-13(17,18)19/h1-3,5-6H,7H2. The highest BCUT2D eigenvalue weighted by atomic mass is 19.4. The Morgan fingerprint density at radius 1 is 1.09 bits per heavy atom. The van der Waals surface area contributed by atoms with Gasteiger partial charge in [-0.25, -0.2) is 0 Å². The molecule has 23 heavy (non-hydrogen) atoms. The van der Waals surface area contributed by atoms with Crippen LogP contribution in [0.2, 0.25) is 0 Å². The third kappa shape index (κ3) is 4.91. The molecule has 1 aromatic heterocycles. The molecule has 0 aliphatic rings. The average molecular weight is 335 g/mol. The molecule has 0 aliphatic carbocycles. The van der Waals surface area contributed by atoms with Crippen molar-refractivity contribution in [2.75, 3.05) is 0 Å². The molecule has 4 nitrogen and oxygen atoms in total. The van der Waals surface area contributed by atoms with Crippen LogP contribution in [0.5, 0.6) is 5.75 Å². The summed E-state index contributed by atoms with van der Waals surface area (Å²) in [7, 11) is 0. The van der Waals surface area contributed by atoms with Gasteiger partial charge in [0.1, 0.15) is 12.3 Å². The van der Waals surface area contributed by atoms with Crippen molar-refractivity contribution in [1.29, 1.82) is 5.26 Å². The number of ether oxygens (including phenoxy) is 1. The number of alkyl halides is 6. The van der Waals surface area contributed by atoms with Crippen LogP contribution >= 0.6 is 0 Å². The fraction of sp³-hybridized carbons (Fsp3) is 0.231. The molecule has 2 rings (SSSR count).